The molecule has 0 fully saturated rings. The molecule has 0 amide bonds. The molecule has 1 aromatic rings. The highest BCUT2D eigenvalue weighted by Gasteiger charge is 2.19. The molecule has 0 aliphatic carbocycles. The molecular weight excluding hydrogens is 364 g/mol. The zero-order valence-electron chi connectivity index (χ0n) is 10.5. The Kier molecular flexibility index (Phi) is 6.73. The summed E-state index contributed by atoms with van der Waals surface area (Å²) in [6.07, 6.45) is 2.36. The molecule has 0 radical (unpaired) electrons. The number of halogens is 2. The van der Waals surface area contributed by atoms with Crippen molar-refractivity contribution in [3.63, 3.8) is 0 Å². The first-order chi connectivity index (χ1) is 8.44. The Labute approximate surface area is 124 Å². The highest BCUT2D eigenvalue weighted by Crippen LogP contribution is 2.19. The van der Waals surface area contributed by atoms with Crippen LogP contribution in [0.2, 0.25) is 0 Å². The van der Waals surface area contributed by atoms with Gasteiger partial charge < -0.3 is 15.2 Å². The van der Waals surface area contributed by atoms with E-state index in [4.69, 9.17) is 4.74 Å². The number of methoxy groups -OCH3 is 1. The molecule has 0 bridgehead atoms. The van der Waals surface area contributed by atoms with Crippen molar-refractivity contribution < 1.29 is 9.84 Å². The molecule has 0 saturated carbocycles. The lowest BCUT2D eigenvalue weighted by molar-refractivity contribution is 0.0247. The van der Waals surface area contributed by atoms with Crippen LogP contribution in [0, 0.1) is 0 Å². The van der Waals surface area contributed by atoms with Gasteiger partial charge in [0, 0.05) is 48.4 Å². The lowest BCUT2D eigenvalue weighted by Crippen LogP contribution is -2.38. The molecule has 1 aromatic heterocycles. The van der Waals surface area contributed by atoms with Crippen molar-refractivity contribution in [1.29, 1.82) is 0 Å². The molecule has 0 aliphatic heterocycles. The number of nitrogens with zero attached hydrogens (tertiary/aromatic N) is 1. The van der Waals surface area contributed by atoms with Crippen molar-refractivity contribution in [3.05, 3.63) is 26.9 Å². The zero-order chi connectivity index (χ0) is 13.6. The molecule has 102 valence electrons. The van der Waals surface area contributed by atoms with E-state index in [1.165, 1.54) is 0 Å². The third-order valence-corrected chi connectivity index (χ3v) is 3.65. The molecule has 2 N–H and O–H groups in total. The molecule has 0 saturated heterocycles. The Bertz CT molecular complexity index is 386. The van der Waals surface area contributed by atoms with Crippen molar-refractivity contribution in [3.8, 4) is 0 Å². The Balaban J connectivity index is 2.41. The predicted octanol–water partition coefficient (Wildman–Crippen LogP) is 2.48. The molecular formula is C12H18Br2N2O2. The zero-order valence-corrected chi connectivity index (χ0v) is 13.7. The number of hydrogen-bond donors (Lipinski definition) is 2. The van der Waals surface area contributed by atoms with Crippen LogP contribution < -0.4 is 5.32 Å². The Morgan fingerprint density at radius 2 is 2.22 bits per heavy atom. The van der Waals surface area contributed by atoms with Gasteiger partial charge in [-0.2, -0.15) is 0 Å². The summed E-state index contributed by atoms with van der Waals surface area (Å²) in [5, 5.41) is 13.3. The van der Waals surface area contributed by atoms with Crippen LogP contribution in [0.25, 0.3) is 0 Å². The summed E-state index contributed by atoms with van der Waals surface area (Å²) in [5.41, 5.74) is 0.151. The van der Waals surface area contributed by atoms with Gasteiger partial charge in [0.15, 0.2) is 0 Å². The second-order valence-electron chi connectivity index (χ2n) is 4.43. The van der Waals surface area contributed by atoms with Gasteiger partial charge in [0.2, 0.25) is 0 Å². The second-order valence-corrected chi connectivity index (χ2v) is 6.20. The van der Waals surface area contributed by atoms with Crippen molar-refractivity contribution in [1.82, 2.24) is 10.3 Å². The summed E-state index contributed by atoms with van der Waals surface area (Å²) in [7, 11) is 1.63. The summed E-state index contributed by atoms with van der Waals surface area (Å²) in [5.74, 6) is 0. The van der Waals surface area contributed by atoms with Gasteiger partial charge in [0.1, 0.15) is 0 Å². The Hall–Kier alpha value is -0.0100. The molecule has 0 aliphatic rings. The van der Waals surface area contributed by atoms with Gasteiger partial charge in [0.25, 0.3) is 0 Å². The number of pyridine rings is 1. The number of hydrogen-bond acceptors (Lipinski definition) is 4. The fourth-order valence-corrected chi connectivity index (χ4v) is 2.56. The summed E-state index contributed by atoms with van der Waals surface area (Å²) in [6.45, 7) is 3.45. The molecule has 1 atom stereocenters. The van der Waals surface area contributed by atoms with Crippen LogP contribution in [-0.4, -0.2) is 36.0 Å². The van der Waals surface area contributed by atoms with E-state index in [0.717, 1.165) is 14.6 Å². The van der Waals surface area contributed by atoms with Crippen LogP contribution in [-0.2, 0) is 11.3 Å². The molecule has 1 unspecified atom stereocenters. The first-order valence-corrected chi connectivity index (χ1v) is 7.25. The van der Waals surface area contributed by atoms with Crippen LogP contribution in [0.5, 0.6) is 0 Å². The second kappa shape index (κ2) is 7.55. The number of nitrogens with one attached hydrogen (secondary N) is 1. The van der Waals surface area contributed by atoms with Crippen molar-refractivity contribution >= 4 is 31.9 Å². The van der Waals surface area contributed by atoms with Crippen molar-refractivity contribution in [2.45, 2.75) is 25.5 Å². The van der Waals surface area contributed by atoms with E-state index in [1.54, 1.807) is 20.2 Å². The van der Waals surface area contributed by atoms with Crippen LogP contribution in [0.15, 0.2) is 21.2 Å². The molecule has 1 rings (SSSR count). The van der Waals surface area contributed by atoms with E-state index < -0.39 is 5.60 Å². The van der Waals surface area contributed by atoms with Gasteiger partial charge in [-0.1, -0.05) is 0 Å². The average molecular weight is 382 g/mol. The molecule has 6 heteroatoms. The predicted molar refractivity (Wildman–Crippen MR) is 78.5 cm³/mol. The average Bonchev–Trinajstić information content (AvgIpc) is 2.29. The Morgan fingerprint density at radius 1 is 1.50 bits per heavy atom. The van der Waals surface area contributed by atoms with E-state index in [0.29, 0.717) is 26.1 Å². The van der Waals surface area contributed by atoms with Gasteiger partial charge in [-0.15, -0.1) is 0 Å². The van der Waals surface area contributed by atoms with E-state index in [9.17, 15) is 5.11 Å². The lowest BCUT2D eigenvalue weighted by Gasteiger charge is -2.23. The van der Waals surface area contributed by atoms with Crippen molar-refractivity contribution in [2.75, 3.05) is 20.3 Å². The van der Waals surface area contributed by atoms with Crippen LogP contribution in [0.1, 0.15) is 19.0 Å². The number of ether oxygens (including phenoxy) is 1. The van der Waals surface area contributed by atoms with Gasteiger partial charge in [-0.05, 0) is 44.8 Å². The first-order valence-electron chi connectivity index (χ1n) is 5.66. The highest BCUT2D eigenvalue weighted by atomic mass is 79.9. The number of rotatable bonds is 7. The third-order valence-electron chi connectivity index (χ3n) is 2.53. The minimum atomic E-state index is -0.766. The maximum atomic E-state index is 10.1. The molecule has 0 aromatic carbocycles. The first kappa shape index (κ1) is 16.0. The third kappa shape index (κ3) is 5.75. The van der Waals surface area contributed by atoms with Gasteiger partial charge in [0.05, 0.1) is 11.3 Å². The number of aromatic nitrogens is 1. The van der Waals surface area contributed by atoms with E-state index in [-0.39, 0.29) is 0 Å². The van der Waals surface area contributed by atoms with Crippen LogP contribution in [0.3, 0.4) is 0 Å². The minimum absolute atomic E-state index is 0.501. The molecule has 0 spiro atoms. The summed E-state index contributed by atoms with van der Waals surface area (Å²) in [4.78, 5) is 4.30. The maximum Gasteiger partial charge on any atom is 0.0765 e. The molecule has 1 heterocycles. The normalized spacial score (nSPS) is 14.5. The maximum absolute atomic E-state index is 10.1. The lowest BCUT2D eigenvalue weighted by atomic mass is 10.0. The van der Waals surface area contributed by atoms with Gasteiger partial charge >= 0.3 is 0 Å². The van der Waals surface area contributed by atoms with E-state index in [2.05, 4.69) is 42.2 Å². The smallest absolute Gasteiger partial charge is 0.0765 e. The largest absolute Gasteiger partial charge is 0.389 e. The van der Waals surface area contributed by atoms with Crippen LogP contribution >= 0.6 is 31.9 Å². The van der Waals surface area contributed by atoms with Crippen molar-refractivity contribution in [2.24, 2.45) is 0 Å². The van der Waals surface area contributed by atoms with E-state index >= 15 is 0 Å². The minimum Gasteiger partial charge on any atom is -0.389 e. The summed E-state index contributed by atoms with van der Waals surface area (Å²) >= 11 is 6.81. The summed E-state index contributed by atoms with van der Waals surface area (Å²) < 4.78 is 6.84. The van der Waals surface area contributed by atoms with E-state index in [1.807, 2.05) is 6.07 Å². The van der Waals surface area contributed by atoms with Gasteiger partial charge in [-0.3, -0.25) is 4.98 Å². The Morgan fingerprint density at radius 3 is 2.83 bits per heavy atom. The fourth-order valence-electron chi connectivity index (χ4n) is 1.43. The van der Waals surface area contributed by atoms with Gasteiger partial charge in [-0.25, -0.2) is 0 Å². The highest BCUT2D eigenvalue weighted by molar-refractivity contribution is 9.11. The monoisotopic (exact) mass is 380 g/mol. The topological polar surface area (TPSA) is 54.4 Å². The molecule has 4 nitrogen and oxygen atoms in total. The number of aliphatic hydroxyl groups is 1. The molecule has 18 heavy (non-hydrogen) atoms. The standard InChI is InChI=1S/C12H18Br2N2O2/c1-12(17,3-4-18-2)8-15-7-11-10(14)5-9(13)6-16-11/h5-6,15,17H,3-4,7-8H2,1-2H3. The fraction of sp³-hybridized carbons (Fsp3) is 0.583. The quantitative estimate of drug-likeness (QED) is 0.761. The van der Waals surface area contributed by atoms with Crippen LogP contribution in [0.4, 0.5) is 0 Å². The summed E-state index contributed by atoms with van der Waals surface area (Å²) in [6, 6.07) is 1.95. The SMILES string of the molecule is COCCC(C)(O)CNCc1ncc(Br)cc1Br.